The minimum Gasteiger partial charge on any atom is -0.466 e. The van der Waals surface area contributed by atoms with Gasteiger partial charge in [-0.1, -0.05) is 29.8 Å². The number of carbonyl (C=O) groups is 3. The number of amides is 2. The van der Waals surface area contributed by atoms with E-state index < -0.39 is 41.6 Å². The molecule has 10 nitrogen and oxygen atoms in total. The molecular formula is C23H36BrN3O7. The molecule has 11 heteroatoms. The third kappa shape index (κ3) is 4.27. The van der Waals surface area contributed by atoms with E-state index in [0.29, 0.717) is 32.7 Å². The van der Waals surface area contributed by atoms with Gasteiger partial charge in [0.15, 0.2) is 0 Å². The molecule has 7 atom stereocenters. The van der Waals surface area contributed by atoms with Gasteiger partial charge in [-0.3, -0.25) is 19.3 Å². The van der Waals surface area contributed by atoms with E-state index in [2.05, 4.69) is 26.1 Å². The summed E-state index contributed by atoms with van der Waals surface area (Å²) in [6.45, 7) is 9.52. The number of aliphatic hydroxyl groups excluding tert-OH is 1. The standard InChI is InChI=1S/C23H36BrN3O7/c1-4-33-22(31)16-17-21(30)27(15(12-28)13(2)3)19(23(17)11-14(24)18(16)34-23)20(29)25-5-6-26-7-9-32-10-8-26/h13-19,28H,4-12H2,1-3H3,(H,25,29)/t14?,15-,16+,17-,18+,19+,23-/m0/s1. The van der Waals surface area contributed by atoms with Crippen molar-refractivity contribution in [2.45, 2.75) is 55.8 Å². The van der Waals surface area contributed by atoms with Gasteiger partial charge in [-0.15, -0.1) is 0 Å². The van der Waals surface area contributed by atoms with E-state index in [0.717, 1.165) is 13.1 Å². The van der Waals surface area contributed by atoms with Crippen molar-refractivity contribution in [2.24, 2.45) is 17.8 Å². The van der Waals surface area contributed by atoms with Crippen molar-refractivity contribution in [3.8, 4) is 0 Å². The SMILES string of the molecule is CCOC(=O)[C@H]1[C@@H]2O[C@@]3(CC2Br)[C@@H]1C(=O)N([C@@H](CO)C(C)C)[C@@H]3C(=O)NCCN1CCOCC1. The Labute approximate surface area is 208 Å². The molecule has 2 bridgehead atoms. The Morgan fingerprint density at radius 2 is 2.03 bits per heavy atom. The van der Waals surface area contributed by atoms with E-state index in [1.165, 1.54) is 4.90 Å². The van der Waals surface area contributed by atoms with Gasteiger partial charge < -0.3 is 29.5 Å². The van der Waals surface area contributed by atoms with E-state index in [-0.39, 0.29) is 35.8 Å². The molecule has 1 spiro atoms. The lowest BCUT2D eigenvalue weighted by molar-refractivity contribution is -0.155. The molecule has 0 radical (unpaired) electrons. The summed E-state index contributed by atoms with van der Waals surface area (Å²) in [6.07, 6.45) is -0.108. The molecule has 4 aliphatic rings. The van der Waals surface area contributed by atoms with Crippen LogP contribution in [0.1, 0.15) is 27.2 Å². The molecule has 34 heavy (non-hydrogen) atoms. The molecule has 4 rings (SSSR count). The predicted octanol–water partition coefficient (Wildman–Crippen LogP) is -0.237. The number of carbonyl (C=O) groups excluding carboxylic acids is 3. The van der Waals surface area contributed by atoms with Crippen LogP contribution in [0.5, 0.6) is 0 Å². The number of rotatable bonds is 9. The van der Waals surface area contributed by atoms with Crippen molar-refractivity contribution in [3.05, 3.63) is 0 Å². The molecule has 4 fully saturated rings. The first-order valence-corrected chi connectivity index (χ1v) is 13.2. The molecule has 1 unspecified atom stereocenters. The van der Waals surface area contributed by atoms with E-state index in [1.54, 1.807) is 6.92 Å². The molecule has 4 aliphatic heterocycles. The minimum absolute atomic E-state index is 0.0918. The zero-order chi connectivity index (χ0) is 24.6. The van der Waals surface area contributed by atoms with Crippen molar-refractivity contribution >= 4 is 33.7 Å². The van der Waals surface area contributed by atoms with Gasteiger partial charge in [-0.2, -0.15) is 0 Å². The normalized spacial score (nSPS) is 36.1. The van der Waals surface area contributed by atoms with Crippen LogP contribution in [0, 0.1) is 17.8 Å². The number of halogens is 1. The second kappa shape index (κ2) is 10.4. The molecule has 0 aliphatic carbocycles. The van der Waals surface area contributed by atoms with Gasteiger partial charge in [0.1, 0.15) is 11.6 Å². The number of likely N-dealkylation sites (tertiary alicyclic amines) is 1. The number of nitrogens with one attached hydrogen (secondary N) is 1. The van der Waals surface area contributed by atoms with Crippen LogP contribution in [-0.2, 0) is 28.6 Å². The molecule has 4 heterocycles. The van der Waals surface area contributed by atoms with Gasteiger partial charge >= 0.3 is 5.97 Å². The Bertz CT molecular complexity index is 793. The predicted molar refractivity (Wildman–Crippen MR) is 125 cm³/mol. The maximum absolute atomic E-state index is 13.8. The van der Waals surface area contributed by atoms with Crippen LogP contribution in [0.4, 0.5) is 0 Å². The third-order valence-corrected chi connectivity index (χ3v) is 8.52. The lowest BCUT2D eigenvalue weighted by Crippen LogP contribution is -2.59. The molecule has 0 saturated carbocycles. The van der Waals surface area contributed by atoms with Crippen LogP contribution in [0.25, 0.3) is 0 Å². The number of hydrogen-bond donors (Lipinski definition) is 2. The topological polar surface area (TPSA) is 118 Å². The van der Waals surface area contributed by atoms with E-state index in [1.807, 2.05) is 13.8 Å². The van der Waals surface area contributed by atoms with Crippen LogP contribution < -0.4 is 5.32 Å². The first-order chi connectivity index (χ1) is 16.3. The lowest BCUT2D eigenvalue weighted by atomic mass is 9.70. The fourth-order valence-corrected chi connectivity index (χ4v) is 7.05. The van der Waals surface area contributed by atoms with E-state index >= 15 is 0 Å². The molecule has 0 aromatic rings. The highest BCUT2D eigenvalue weighted by Crippen LogP contribution is 2.60. The number of nitrogens with zero attached hydrogens (tertiary/aromatic N) is 2. The van der Waals surface area contributed by atoms with Crippen LogP contribution in [0.2, 0.25) is 0 Å². The average Bonchev–Trinajstić information content (AvgIpc) is 3.39. The molecule has 2 N–H and O–H groups in total. The Kier molecular flexibility index (Phi) is 7.88. The fraction of sp³-hybridized carbons (Fsp3) is 0.870. The molecule has 0 aromatic heterocycles. The zero-order valence-corrected chi connectivity index (χ0v) is 21.7. The summed E-state index contributed by atoms with van der Waals surface area (Å²) in [5.41, 5.74) is -1.14. The van der Waals surface area contributed by atoms with Crippen LogP contribution >= 0.6 is 15.9 Å². The summed E-state index contributed by atoms with van der Waals surface area (Å²) in [4.78, 5) is 44.0. The van der Waals surface area contributed by atoms with Crippen LogP contribution in [-0.4, -0.2) is 114 Å². The van der Waals surface area contributed by atoms with Gasteiger partial charge in [0.2, 0.25) is 11.8 Å². The zero-order valence-electron chi connectivity index (χ0n) is 20.1. The molecular weight excluding hydrogens is 510 g/mol. The van der Waals surface area contributed by atoms with Crippen LogP contribution in [0.15, 0.2) is 0 Å². The van der Waals surface area contributed by atoms with E-state index in [9.17, 15) is 19.5 Å². The fourth-order valence-electron chi connectivity index (χ4n) is 6.11. The highest BCUT2D eigenvalue weighted by molar-refractivity contribution is 9.09. The highest BCUT2D eigenvalue weighted by Gasteiger charge is 2.77. The molecule has 4 saturated heterocycles. The maximum atomic E-state index is 13.8. The number of alkyl halides is 1. The maximum Gasteiger partial charge on any atom is 0.312 e. The highest BCUT2D eigenvalue weighted by atomic mass is 79.9. The summed E-state index contributed by atoms with van der Waals surface area (Å²) in [5.74, 6) is -2.80. The smallest absolute Gasteiger partial charge is 0.312 e. The van der Waals surface area contributed by atoms with Crippen molar-refractivity contribution < 1.29 is 33.7 Å². The van der Waals surface area contributed by atoms with Crippen molar-refractivity contribution in [1.82, 2.24) is 15.1 Å². The largest absolute Gasteiger partial charge is 0.466 e. The number of morpholine rings is 1. The van der Waals surface area contributed by atoms with Gasteiger partial charge in [-0.25, -0.2) is 0 Å². The Hall–Kier alpha value is -1.27. The Morgan fingerprint density at radius 1 is 1.32 bits per heavy atom. The number of ether oxygens (including phenoxy) is 3. The summed E-state index contributed by atoms with van der Waals surface area (Å²) in [6, 6.07) is -1.50. The Balaban J connectivity index is 1.62. The first kappa shape index (κ1) is 25.8. The van der Waals surface area contributed by atoms with E-state index in [4.69, 9.17) is 14.2 Å². The average molecular weight is 546 g/mol. The summed E-state index contributed by atoms with van der Waals surface area (Å²) < 4.78 is 17.1. The minimum atomic E-state index is -1.14. The summed E-state index contributed by atoms with van der Waals surface area (Å²) in [7, 11) is 0. The number of esters is 1. The molecule has 0 aromatic carbocycles. The number of fused-ring (bicyclic) bond motifs is 1. The lowest BCUT2D eigenvalue weighted by Gasteiger charge is -2.38. The molecule has 192 valence electrons. The van der Waals surface area contributed by atoms with Gasteiger partial charge in [-0.05, 0) is 19.3 Å². The van der Waals surface area contributed by atoms with Crippen LogP contribution in [0.3, 0.4) is 0 Å². The van der Waals surface area contributed by atoms with Gasteiger partial charge in [0.25, 0.3) is 0 Å². The first-order valence-electron chi connectivity index (χ1n) is 12.3. The second-order valence-corrected chi connectivity index (χ2v) is 11.1. The van der Waals surface area contributed by atoms with Gasteiger partial charge in [0.05, 0.1) is 50.4 Å². The quantitative estimate of drug-likeness (QED) is 0.301. The summed E-state index contributed by atoms with van der Waals surface area (Å²) >= 11 is 3.63. The van der Waals surface area contributed by atoms with Crippen molar-refractivity contribution in [2.75, 3.05) is 52.6 Å². The number of hydrogen-bond acceptors (Lipinski definition) is 8. The van der Waals surface area contributed by atoms with Gasteiger partial charge in [0, 0.05) is 31.0 Å². The monoisotopic (exact) mass is 545 g/mol. The summed E-state index contributed by atoms with van der Waals surface area (Å²) in [5, 5.41) is 13.2. The second-order valence-electron chi connectivity index (χ2n) is 9.90. The van der Waals surface area contributed by atoms with Crippen molar-refractivity contribution in [3.63, 3.8) is 0 Å². The van der Waals surface area contributed by atoms with Crippen molar-refractivity contribution in [1.29, 1.82) is 0 Å². The molecule has 2 amide bonds. The number of aliphatic hydroxyl groups is 1. The third-order valence-electron chi connectivity index (χ3n) is 7.68. The Morgan fingerprint density at radius 3 is 2.65 bits per heavy atom.